The van der Waals surface area contributed by atoms with Crippen molar-refractivity contribution in [1.82, 2.24) is 25.1 Å². The van der Waals surface area contributed by atoms with Gasteiger partial charge in [-0.1, -0.05) is 40.2 Å². The minimum atomic E-state index is -0.684. The number of aromatic nitrogens is 2. The fourth-order valence-electron chi connectivity index (χ4n) is 7.82. The number of nitrogens with zero attached hydrogens (tertiary/aromatic N) is 4. The number of amides is 3. The minimum absolute atomic E-state index is 0.00267. The van der Waals surface area contributed by atoms with E-state index in [9.17, 15) is 14.4 Å². The molecule has 3 aromatic carbocycles. The van der Waals surface area contributed by atoms with Gasteiger partial charge in [0, 0.05) is 65.3 Å². The fraction of sp³-hybridized carbons (Fsp3) is 0.452. The molecule has 0 radical (unpaired) electrons. The summed E-state index contributed by atoms with van der Waals surface area (Å²) in [6, 6.07) is 19.5. The van der Waals surface area contributed by atoms with Gasteiger partial charge in [0.1, 0.15) is 18.2 Å². The Morgan fingerprint density at radius 1 is 1.04 bits per heavy atom. The molecule has 0 bridgehead atoms. The van der Waals surface area contributed by atoms with Crippen LogP contribution in [0.5, 0.6) is 11.5 Å². The van der Waals surface area contributed by atoms with Gasteiger partial charge in [0.25, 0.3) is 0 Å². The second-order valence-corrected chi connectivity index (χ2v) is 16.8. The van der Waals surface area contributed by atoms with E-state index in [1.807, 2.05) is 67.3 Å². The third kappa shape index (κ3) is 9.95. The number of rotatable bonds is 14. The standard InChI is InChI=1S/C42H53BrN8O5/c1-26(28-9-7-11-30(43)19-28)46-39-33-21-35(55-6)36(22-34(33)47-27(2)48-39)56-25-42(5,44)24-41(3,4)51-17-15-50(16-18-51)38(53)23-45-31-12-8-10-29(20-31)32-13-14-37(52)49-40(32)54/h7-12,19-22,26,32,45H,13-18,23-25,44H2,1-6H3,(H,46,47,48)(H,49,52,54)/t26-,32?,42?/m1/s1. The molecule has 3 heterocycles. The molecule has 56 heavy (non-hydrogen) atoms. The Balaban J connectivity index is 1.02. The van der Waals surface area contributed by atoms with Gasteiger partial charge < -0.3 is 30.7 Å². The normalized spacial score (nSPS) is 18.2. The number of nitrogens with one attached hydrogen (secondary N) is 3. The summed E-state index contributed by atoms with van der Waals surface area (Å²) >= 11 is 3.57. The fourth-order valence-corrected chi connectivity index (χ4v) is 8.24. The zero-order chi connectivity index (χ0) is 40.2. The second kappa shape index (κ2) is 17.1. The van der Waals surface area contributed by atoms with Crippen molar-refractivity contribution in [2.45, 2.75) is 76.9 Å². The van der Waals surface area contributed by atoms with E-state index in [0.29, 0.717) is 55.5 Å². The first-order valence-electron chi connectivity index (χ1n) is 19.1. The van der Waals surface area contributed by atoms with Crippen molar-refractivity contribution < 1.29 is 23.9 Å². The van der Waals surface area contributed by atoms with Gasteiger partial charge in [-0.05, 0) is 88.9 Å². The monoisotopic (exact) mass is 828 g/mol. The number of ether oxygens (including phenoxy) is 2. The van der Waals surface area contributed by atoms with E-state index in [0.717, 1.165) is 45.3 Å². The molecule has 13 nitrogen and oxygen atoms in total. The molecule has 6 rings (SSSR count). The van der Waals surface area contributed by atoms with Crippen molar-refractivity contribution in [2.75, 3.05) is 57.1 Å². The summed E-state index contributed by atoms with van der Waals surface area (Å²) in [5, 5.41) is 10.0. The largest absolute Gasteiger partial charge is 0.493 e. The van der Waals surface area contributed by atoms with Crippen molar-refractivity contribution in [3.05, 3.63) is 82.1 Å². The highest BCUT2D eigenvalue weighted by Gasteiger charge is 2.37. The number of piperidine rings is 1. The first kappa shape index (κ1) is 40.9. The number of hydrogen-bond donors (Lipinski definition) is 4. The van der Waals surface area contributed by atoms with Crippen LogP contribution in [-0.4, -0.2) is 95.0 Å². The highest BCUT2D eigenvalue weighted by molar-refractivity contribution is 9.10. The van der Waals surface area contributed by atoms with Crippen molar-refractivity contribution in [2.24, 2.45) is 5.73 Å². The second-order valence-electron chi connectivity index (χ2n) is 15.8. The maximum atomic E-state index is 13.2. The third-order valence-electron chi connectivity index (χ3n) is 10.6. The first-order valence-corrected chi connectivity index (χ1v) is 19.9. The van der Waals surface area contributed by atoms with Crippen molar-refractivity contribution >= 4 is 56.1 Å². The van der Waals surface area contributed by atoms with Gasteiger partial charge >= 0.3 is 0 Å². The molecule has 3 atom stereocenters. The Hall–Kier alpha value is -4.79. The third-order valence-corrected chi connectivity index (χ3v) is 11.1. The van der Waals surface area contributed by atoms with Gasteiger partial charge in [0.15, 0.2) is 11.5 Å². The lowest BCUT2D eigenvalue weighted by atomic mass is 9.85. The molecule has 2 unspecified atom stereocenters. The molecule has 14 heteroatoms. The number of carbonyl (C=O) groups excluding carboxylic acids is 3. The number of imide groups is 1. The Kier molecular flexibility index (Phi) is 12.5. The molecule has 2 saturated heterocycles. The van der Waals surface area contributed by atoms with Crippen LogP contribution in [0.25, 0.3) is 10.9 Å². The van der Waals surface area contributed by atoms with E-state index in [1.54, 1.807) is 7.11 Å². The summed E-state index contributed by atoms with van der Waals surface area (Å²) in [7, 11) is 1.62. The van der Waals surface area contributed by atoms with Crippen molar-refractivity contribution in [3.8, 4) is 11.5 Å². The maximum Gasteiger partial charge on any atom is 0.241 e. The number of piperazine rings is 1. The minimum Gasteiger partial charge on any atom is -0.493 e. The van der Waals surface area contributed by atoms with E-state index in [1.165, 1.54) is 0 Å². The summed E-state index contributed by atoms with van der Waals surface area (Å²) in [4.78, 5) is 50.9. The molecule has 0 saturated carbocycles. The Morgan fingerprint density at radius 2 is 1.79 bits per heavy atom. The molecule has 2 aliphatic rings. The smallest absolute Gasteiger partial charge is 0.241 e. The summed E-state index contributed by atoms with van der Waals surface area (Å²) < 4.78 is 13.2. The van der Waals surface area contributed by atoms with Crippen LogP contribution in [0.1, 0.15) is 75.9 Å². The Labute approximate surface area is 337 Å². The number of nitrogens with two attached hydrogens (primary N) is 1. The van der Waals surface area contributed by atoms with Crippen LogP contribution >= 0.6 is 15.9 Å². The van der Waals surface area contributed by atoms with Crippen LogP contribution < -0.4 is 31.2 Å². The number of halogens is 1. The van der Waals surface area contributed by atoms with Crippen LogP contribution in [0.4, 0.5) is 11.5 Å². The molecular formula is C42H53BrN8O5. The van der Waals surface area contributed by atoms with Crippen LogP contribution in [0.3, 0.4) is 0 Å². The van der Waals surface area contributed by atoms with Gasteiger partial charge in [-0.25, -0.2) is 9.97 Å². The molecule has 2 fully saturated rings. The summed E-state index contributed by atoms with van der Waals surface area (Å²) in [6.45, 7) is 13.4. The average molecular weight is 830 g/mol. The van der Waals surface area contributed by atoms with Crippen LogP contribution in [0.15, 0.2) is 65.1 Å². The summed E-state index contributed by atoms with van der Waals surface area (Å²) in [5.41, 5.74) is 9.43. The Morgan fingerprint density at radius 3 is 2.50 bits per heavy atom. The Bertz CT molecular complexity index is 2080. The van der Waals surface area contributed by atoms with Gasteiger partial charge in [-0.15, -0.1) is 0 Å². The molecule has 4 aromatic rings. The molecule has 0 aliphatic carbocycles. The van der Waals surface area contributed by atoms with Crippen molar-refractivity contribution in [3.63, 3.8) is 0 Å². The molecule has 1 aromatic heterocycles. The molecule has 5 N–H and O–H groups in total. The predicted octanol–water partition coefficient (Wildman–Crippen LogP) is 5.92. The van der Waals surface area contributed by atoms with Gasteiger partial charge in [0.05, 0.1) is 31.1 Å². The van der Waals surface area contributed by atoms with E-state index in [2.05, 4.69) is 69.7 Å². The molecule has 2 aliphatic heterocycles. The van der Waals surface area contributed by atoms with Gasteiger partial charge in [0.2, 0.25) is 17.7 Å². The molecule has 0 spiro atoms. The van der Waals surface area contributed by atoms with Crippen molar-refractivity contribution in [1.29, 1.82) is 0 Å². The van der Waals surface area contributed by atoms with Crippen LogP contribution in [0, 0.1) is 6.92 Å². The van der Waals surface area contributed by atoms with E-state index in [-0.39, 0.29) is 48.4 Å². The quantitative estimate of drug-likeness (QED) is 0.112. The van der Waals surface area contributed by atoms with Crippen LogP contribution in [0.2, 0.25) is 0 Å². The van der Waals surface area contributed by atoms with Gasteiger partial charge in [-0.3, -0.25) is 24.6 Å². The molecule has 3 amide bonds. The zero-order valence-corrected chi connectivity index (χ0v) is 34.7. The lowest BCUT2D eigenvalue weighted by molar-refractivity contribution is -0.134. The molecular weight excluding hydrogens is 776 g/mol. The lowest BCUT2D eigenvalue weighted by Gasteiger charge is -2.46. The van der Waals surface area contributed by atoms with Crippen LogP contribution in [-0.2, 0) is 14.4 Å². The molecule has 298 valence electrons. The first-order chi connectivity index (χ1) is 26.6. The highest BCUT2D eigenvalue weighted by Crippen LogP contribution is 2.37. The number of carbonyl (C=O) groups is 3. The number of methoxy groups -OCH3 is 1. The van der Waals surface area contributed by atoms with E-state index < -0.39 is 5.54 Å². The lowest BCUT2D eigenvalue weighted by Crippen LogP contribution is -2.60. The number of fused-ring (bicyclic) bond motifs is 1. The summed E-state index contributed by atoms with van der Waals surface area (Å²) in [6.07, 6.45) is 1.45. The number of aryl methyl sites for hydroxylation is 1. The average Bonchev–Trinajstić information content (AvgIpc) is 3.15. The topological polar surface area (TPSA) is 164 Å². The van der Waals surface area contributed by atoms with E-state index in [4.69, 9.17) is 25.2 Å². The van der Waals surface area contributed by atoms with Gasteiger partial charge in [-0.2, -0.15) is 0 Å². The SMILES string of the molecule is COc1cc2c(N[C@H](C)c3cccc(Br)c3)nc(C)nc2cc1OCC(C)(N)CC(C)(C)N1CCN(C(=O)CNc2cccc(C3CCC(=O)NC3=O)c2)CC1. The zero-order valence-electron chi connectivity index (χ0n) is 33.1. The number of benzene rings is 3. The number of anilines is 2. The predicted molar refractivity (Wildman–Crippen MR) is 222 cm³/mol. The summed E-state index contributed by atoms with van der Waals surface area (Å²) in [5.74, 6) is 1.59. The highest BCUT2D eigenvalue weighted by atomic mass is 79.9. The maximum absolute atomic E-state index is 13.2. The number of hydrogen-bond acceptors (Lipinski definition) is 11. The van der Waals surface area contributed by atoms with E-state index >= 15 is 0 Å².